The van der Waals surface area contributed by atoms with Crippen LogP contribution in [0.15, 0.2) is 235 Å². The lowest BCUT2D eigenvalue weighted by Crippen LogP contribution is -2.32. The van der Waals surface area contributed by atoms with Crippen molar-refractivity contribution >= 4 is 82.4 Å². The second-order valence-electron chi connectivity index (χ2n) is 17.9. The number of hydrogen-bond donors (Lipinski definition) is 0. The predicted octanol–water partition coefficient (Wildman–Crippen LogP) is 16.8. The van der Waals surface area contributed by atoms with Crippen LogP contribution in [0.3, 0.4) is 0 Å². The highest BCUT2D eigenvalue weighted by Crippen LogP contribution is 2.62. The predicted molar refractivity (Wildman–Crippen MR) is 274 cm³/mol. The first kappa shape index (κ1) is 35.8. The number of hydrogen-bond acceptors (Lipinski definition) is 2. The molecular formula is C63H38N2O. The molecule has 1 spiro atoms. The Bertz CT molecular complexity index is 4150. The third-order valence-corrected chi connectivity index (χ3v) is 14.8. The summed E-state index contributed by atoms with van der Waals surface area (Å²) in [5, 5.41) is 9.68. The summed E-state index contributed by atoms with van der Waals surface area (Å²) >= 11 is 0. The minimum atomic E-state index is -0.550. The van der Waals surface area contributed by atoms with Crippen LogP contribution in [-0.2, 0) is 5.41 Å². The molecule has 0 amide bonds. The molecule has 0 atom stereocenters. The van der Waals surface area contributed by atoms with Crippen LogP contribution in [0.1, 0.15) is 22.3 Å². The van der Waals surface area contributed by atoms with Crippen LogP contribution in [0.4, 0.5) is 17.1 Å². The molecule has 306 valence electrons. The number of anilines is 3. The number of fused-ring (bicyclic) bond motifs is 16. The van der Waals surface area contributed by atoms with Gasteiger partial charge in [-0.2, -0.15) is 0 Å². The minimum Gasteiger partial charge on any atom is -0.456 e. The first-order valence-corrected chi connectivity index (χ1v) is 22.8. The highest BCUT2D eigenvalue weighted by Gasteiger charge is 2.50. The van der Waals surface area contributed by atoms with Gasteiger partial charge in [0.2, 0.25) is 0 Å². The lowest BCUT2D eigenvalue weighted by Gasteiger charge is -2.40. The molecule has 2 aliphatic rings. The minimum absolute atomic E-state index is 0.550. The van der Waals surface area contributed by atoms with Gasteiger partial charge in [0.05, 0.1) is 22.1 Å². The van der Waals surface area contributed by atoms with Crippen molar-refractivity contribution in [2.45, 2.75) is 5.41 Å². The fraction of sp³-hybridized carbons (Fsp3) is 0.0159. The molecule has 11 aromatic carbocycles. The van der Waals surface area contributed by atoms with Gasteiger partial charge in [0.1, 0.15) is 11.2 Å². The average molecular weight is 839 g/mol. The smallest absolute Gasteiger partial charge is 0.137 e. The van der Waals surface area contributed by atoms with Gasteiger partial charge in [0.25, 0.3) is 0 Å². The maximum absolute atomic E-state index is 6.63. The van der Waals surface area contributed by atoms with Crippen molar-refractivity contribution in [3.63, 3.8) is 0 Å². The Morgan fingerprint density at radius 3 is 1.73 bits per heavy atom. The van der Waals surface area contributed by atoms with Crippen molar-refractivity contribution in [2.24, 2.45) is 0 Å². The summed E-state index contributed by atoms with van der Waals surface area (Å²) in [6.07, 6.45) is 0. The van der Waals surface area contributed by atoms with E-state index in [-0.39, 0.29) is 0 Å². The first-order valence-electron chi connectivity index (χ1n) is 22.8. The van der Waals surface area contributed by atoms with Gasteiger partial charge in [-0.3, -0.25) is 0 Å². The SMILES string of the molecule is c1ccc2c(c1)-c1ccccc1C21c2cc(N(c3ccc4c(c3)oc3ccccc34)c3ccc4c5ccccc5n(-c5cccc6ccccc56)c4c3)ccc2-c2cccc3cccc1c23. The number of benzene rings is 11. The summed E-state index contributed by atoms with van der Waals surface area (Å²) in [5.41, 5.74) is 18.2. The zero-order valence-corrected chi connectivity index (χ0v) is 35.7. The Labute approximate surface area is 380 Å². The van der Waals surface area contributed by atoms with E-state index in [0.717, 1.165) is 50.2 Å². The van der Waals surface area contributed by atoms with Gasteiger partial charge >= 0.3 is 0 Å². The molecule has 0 bridgehead atoms. The van der Waals surface area contributed by atoms with Crippen molar-refractivity contribution in [1.29, 1.82) is 0 Å². The number of aromatic nitrogens is 1. The van der Waals surface area contributed by atoms with Gasteiger partial charge < -0.3 is 13.9 Å². The molecule has 0 saturated carbocycles. The molecule has 0 aliphatic heterocycles. The number of rotatable bonds is 4. The van der Waals surface area contributed by atoms with Gasteiger partial charge in [0.15, 0.2) is 0 Å². The van der Waals surface area contributed by atoms with Gasteiger partial charge in [0, 0.05) is 50.1 Å². The second kappa shape index (κ2) is 13.2. The van der Waals surface area contributed by atoms with Crippen LogP contribution in [0.2, 0.25) is 0 Å². The topological polar surface area (TPSA) is 21.3 Å². The van der Waals surface area contributed by atoms with E-state index in [2.05, 4.69) is 234 Å². The fourth-order valence-electron chi connectivity index (χ4n) is 12.1. The fourth-order valence-corrected chi connectivity index (χ4v) is 12.1. The third kappa shape index (κ3) is 4.66. The summed E-state index contributed by atoms with van der Waals surface area (Å²) in [6, 6.07) is 85.3. The molecule has 0 fully saturated rings. The van der Waals surface area contributed by atoms with Gasteiger partial charge in [-0.25, -0.2) is 0 Å². The summed E-state index contributed by atoms with van der Waals surface area (Å²) < 4.78 is 9.09. The lowest BCUT2D eigenvalue weighted by atomic mass is 9.61. The Kier molecular flexibility index (Phi) is 7.15. The lowest BCUT2D eigenvalue weighted by molar-refractivity contribution is 0.669. The van der Waals surface area contributed by atoms with E-state index in [1.54, 1.807) is 0 Å². The van der Waals surface area contributed by atoms with E-state index in [9.17, 15) is 0 Å². The standard InChI is InChI=1S/C63H38N2O/c1-2-18-44-39(14-1)15-13-28-57(44)65-58-27-9-5-21-48(58)49-34-31-42(37-59(49)65)64(43-32-35-51-50-22-6-10-29-60(50)66-61(51)38-43)41-30-33-47-52-23-11-16-40-17-12-26-55(62(40)52)63(56(47)36-41)53-24-7-3-19-45(53)46-20-4-8-25-54(46)63/h1-38H. The Hall–Kier alpha value is -8.66. The first-order chi connectivity index (χ1) is 32.7. The van der Waals surface area contributed by atoms with Gasteiger partial charge in [-0.05, 0) is 115 Å². The van der Waals surface area contributed by atoms with Gasteiger partial charge in [-0.1, -0.05) is 170 Å². The quantitative estimate of drug-likeness (QED) is 0.176. The van der Waals surface area contributed by atoms with E-state index in [4.69, 9.17) is 4.42 Å². The largest absolute Gasteiger partial charge is 0.456 e. The third-order valence-electron chi connectivity index (χ3n) is 14.8. The Morgan fingerprint density at radius 1 is 0.333 bits per heavy atom. The summed E-state index contributed by atoms with van der Waals surface area (Å²) in [6.45, 7) is 0. The van der Waals surface area contributed by atoms with E-state index < -0.39 is 5.41 Å². The molecule has 2 aliphatic carbocycles. The maximum Gasteiger partial charge on any atom is 0.137 e. The molecule has 13 aromatic rings. The highest BCUT2D eigenvalue weighted by atomic mass is 16.3. The van der Waals surface area contributed by atoms with Crippen LogP contribution in [0.5, 0.6) is 0 Å². The Balaban J connectivity index is 1.04. The van der Waals surface area contributed by atoms with Crippen molar-refractivity contribution in [3.05, 3.63) is 253 Å². The van der Waals surface area contributed by atoms with Gasteiger partial charge in [-0.15, -0.1) is 0 Å². The van der Waals surface area contributed by atoms with E-state index in [0.29, 0.717) is 0 Å². The molecule has 15 rings (SSSR count). The summed E-state index contributed by atoms with van der Waals surface area (Å²) in [7, 11) is 0. The van der Waals surface area contributed by atoms with Crippen LogP contribution in [-0.4, -0.2) is 4.57 Å². The summed E-state index contributed by atoms with van der Waals surface area (Å²) in [4.78, 5) is 2.44. The van der Waals surface area contributed by atoms with Crippen LogP contribution in [0.25, 0.3) is 93.2 Å². The van der Waals surface area contributed by atoms with Crippen LogP contribution in [0, 0.1) is 0 Å². The monoisotopic (exact) mass is 838 g/mol. The van der Waals surface area contributed by atoms with Crippen LogP contribution < -0.4 is 4.90 Å². The number of nitrogens with zero attached hydrogens (tertiary/aromatic N) is 2. The molecule has 0 saturated heterocycles. The molecule has 2 aromatic heterocycles. The molecule has 3 nitrogen and oxygen atoms in total. The summed E-state index contributed by atoms with van der Waals surface area (Å²) in [5.74, 6) is 0. The molecule has 66 heavy (non-hydrogen) atoms. The van der Waals surface area contributed by atoms with Crippen molar-refractivity contribution in [2.75, 3.05) is 4.90 Å². The molecular weight excluding hydrogens is 801 g/mol. The highest BCUT2D eigenvalue weighted by molar-refractivity contribution is 6.13. The zero-order valence-electron chi connectivity index (χ0n) is 35.7. The van der Waals surface area contributed by atoms with E-state index in [1.165, 1.54) is 82.3 Å². The molecule has 0 radical (unpaired) electrons. The normalized spacial score (nSPS) is 13.3. The molecule has 3 heteroatoms. The van der Waals surface area contributed by atoms with E-state index >= 15 is 0 Å². The van der Waals surface area contributed by atoms with Crippen LogP contribution >= 0.6 is 0 Å². The average Bonchev–Trinajstić information content (AvgIpc) is 4.01. The number of para-hydroxylation sites is 2. The second-order valence-corrected chi connectivity index (χ2v) is 17.9. The number of furan rings is 1. The molecule has 0 N–H and O–H groups in total. The maximum atomic E-state index is 6.63. The molecule has 0 unspecified atom stereocenters. The molecule has 2 heterocycles. The zero-order chi connectivity index (χ0) is 43.1. The van der Waals surface area contributed by atoms with Crippen molar-refractivity contribution in [3.8, 4) is 27.9 Å². The van der Waals surface area contributed by atoms with E-state index in [1.807, 2.05) is 6.07 Å². The Morgan fingerprint density at radius 2 is 0.879 bits per heavy atom. The van der Waals surface area contributed by atoms with Crippen molar-refractivity contribution < 1.29 is 4.42 Å². The van der Waals surface area contributed by atoms with Crippen molar-refractivity contribution in [1.82, 2.24) is 4.57 Å².